The molecule has 2 nitrogen and oxygen atoms in total. The predicted molar refractivity (Wildman–Crippen MR) is 156 cm³/mol. The molecule has 0 saturated carbocycles. The highest BCUT2D eigenvalue weighted by atomic mass is 32.1. The molecule has 0 atom stereocenters. The normalized spacial score (nSPS) is 10.9. The molecule has 0 radical (unpaired) electrons. The van der Waals surface area contributed by atoms with Crippen molar-refractivity contribution in [3.8, 4) is 30.6 Å². The summed E-state index contributed by atoms with van der Waals surface area (Å²) in [7, 11) is 0. The molecule has 0 N–H and O–H groups in total. The van der Waals surface area contributed by atoms with Gasteiger partial charge in [0.15, 0.2) is 0 Å². The molecule has 0 bridgehead atoms. The van der Waals surface area contributed by atoms with Crippen LogP contribution in [0.2, 0.25) is 0 Å². The lowest BCUT2D eigenvalue weighted by Crippen LogP contribution is -2.06. The van der Waals surface area contributed by atoms with E-state index in [-0.39, 0.29) is 5.97 Å². The van der Waals surface area contributed by atoms with Gasteiger partial charge in [0.25, 0.3) is 0 Å². The zero-order valence-electron chi connectivity index (χ0n) is 21.2. The van der Waals surface area contributed by atoms with Crippen LogP contribution in [0.25, 0.3) is 30.6 Å². The van der Waals surface area contributed by atoms with Gasteiger partial charge in [-0.15, -0.1) is 22.7 Å². The summed E-state index contributed by atoms with van der Waals surface area (Å²) in [5.74, 6) is -0.286. The Hall–Kier alpha value is -2.95. The van der Waals surface area contributed by atoms with E-state index in [1.54, 1.807) is 6.92 Å². The minimum absolute atomic E-state index is 0.286. The number of ether oxygens (including phenoxy) is 1. The molecule has 0 amide bonds. The highest BCUT2D eigenvalue weighted by Gasteiger charge is 2.09. The minimum atomic E-state index is -0.286. The van der Waals surface area contributed by atoms with Crippen molar-refractivity contribution in [2.75, 3.05) is 6.61 Å². The van der Waals surface area contributed by atoms with E-state index in [4.69, 9.17) is 4.74 Å². The van der Waals surface area contributed by atoms with Crippen LogP contribution in [-0.4, -0.2) is 12.6 Å². The highest BCUT2D eigenvalue weighted by Crippen LogP contribution is 2.40. The number of thiophene rings is 2. The Bertz CT molecular complexity index is 1280. The van der Waals surface area contributed by atoms with Crippen LogP contribution in [0.5, 0.6) is 0 Å². The van der Waals surface area contributed by atoms with Gasteiger partial charge in [-0.1, -0.05) is 74.9 Å². The first kappa shape index (κ1) is 26.1. The Morgan fingerprint density at radius 3 is 1.72 bits per heavy atom. The molecule has 2 aromatic heterocycles. The van der Waals surface area contributed by atoms with Gasteiger partial charge in [0.1, 0.15) is 0 Å². The highest BCUT2D eigenvalue weighted by molar-refractivity contribution is 7.25. The summed E-state index contributed by atoms with van der Waals surface area (Å²) in [5.41, 5.74) is 5.79. The number of carbonyl (C=O) groups is 1. The van der Waals surface area contributed by atoms with Gasteiger partial charge in [0.05, 0.1) is 6.61 Å². The van der Waals surface area contributed by atoms with E-state index >= 15 is 0 Å². The molecule has 4 heteroatoms. The van der Waals surface area contributed by atoms with Crippen molar-refractivity contribution < 1.29 is 9.53 Å². The average Bonchev–Trinajstić information content (AvgIpc) is 3.59. The van der Waals surface area contributed by atoms with Gasteiger partial charge in [-0.05, 0) is 79.1 Å². The van der Waals surface area contributed by atoms with E-state index < -0.39 is 0 Å². The molecule has 0 aliphatic rings. The Kier molecular flexibility index (Phi) is 9.32. The Labute approximate surface area is 223 Å². The molecule has 0 aliphatic carbocycles. The Morgan fingerprint density at radius 2 is 1.19 bits per heavy atom. The number of esters is 1. The molecular weight excluding hydrogens is 480 g/mol. The molecule has 0 unspecified atom stereocenters. The van der Waals surface area contributed by atoms with Crippen molar-refractivity contribution in [3.05, 3.63) is 96.1 Å². The van der Waals surface area contributed by atoms with Crippen LogP contribution in [0.4, 0.5) is 0 Å². The molecular formula is C32H34O2S2. The van der Waals surface area contributed by atoms with Gasteiger partial charge in [-0.3, -0.25) is 0 Å². The lowest BCUT2D eigenvalue weighted by Gasteiger charge is -2.05. The molecule has 0 spiro atoms. The van der Waals surface area contributed by atoms with E-state index in [0.717, 1.165) is 38.5 Å². The van der Waals surface area contributed by atoms with E-state index in [2.05, 4.69) is 86.3 Å². The van der Waals surface area contributed by atoms with Crippen LogP contribution in [0, 0.1) is 0 Å². The largest absolute Gasteiger partial charge is 0.462 e. The Balaban J connectivity index is 1.26. The number of hydrogen-bond acceptors (Lipinski definition) is 4. The smallest absolute Gasteiger partial charge is 0.333 e. The van der Waals surface area contributed by atoms with Gasteiger partial charge >= 0.3 is 5.97 Å². The molecule has 0 aliphatic heterocycles. The van der Waals surface area contributed by atoms with Crippen LogP contribution in [0.15, 0.2) is 84.9 Å². The fourth-order valence-electron chi connectivity index (χ4n) is 4.06. The SMILES string of the molecule is C=C(C)C(=O)OCCCCCCc1ccc(-c2ccc(-c3ccc(-c4ccc(CC)cc4)s3)s2)cc1. The van der Waals surface area contributed by atoms with Crippen LogP contribution in [-0.2, 0) is 22.4 Å². The van der Waals surface area contributed by atoms with E-state index in [9.17, 15) is 4.79 Å². The molecule has 0 fully saturated rings. The van der Waals surface area contributed by atoms with Crippen molar-refractivity contribution >= 4 is 28.6 Å². The maximum absolute atomic E-state index is 11.4. The minimum Gasteiger partial charge on any atom is -0.462 e. The number of benzene rings is 2. The van der Waals surface area contributed by atoms with Crippen LogP contribution in [0.1, 0.15) is 50.7 Å². The van der Waals surface area contributed by atoms with Gasteiger partial charge in [-0.2, -0.15) is 0 Å². The zero-order chi connectivity index (χ0) is 25.3. The summed E-state index contributed by atoms with van der Waals surface area (Å²) in [6.45, 7) is 7.96. The predicted octanol–water partition coefficient (Wildman–Crippen LogP) is 9.60. The van der Waals surface area contributed by atoms with Crippen LogP contribution >= 0.6 is 22.7 Å². The first-order valence-electron chi connectivity index (χ1n) is 12.7. The third-order valence-corrected chi connectivity index (χ3v) is 8.75. The first-order valence-corrected chi connectivity index (χ1v) is 14.4. The zero-order valence-corrected chi connectivity index (χ0v) is 22.9. The van der Waals surface area contributed by atoms with Gasteiger partial charge in [0.2, 0.25) is 0 Å². The maximum atomic E-state index is 11.4. The maximum Gasteiger partial charge on any atom is 0.333 e. The number of hydrogen-bond donors (Lipinski definition) is 0. The van der Waals surface area contributed by atoms with Gasteiger partial charge in [-0.25, -0.2) is 4.79 Å². The monoisotopic (exact) mass is 514 g/mol. The van der Waals surface area contributed by atoms with Crippen molar-refractivity contribution in [1.82, 2.24) is 0 Å². The molecule has 2 aromatic carbocycles. The molecule has 36 heavy (non-hydrogen) atoms. The van der Waals surface area contributed by atoms with E-state index in [1.165, 1.54) is 41.8 Å². The van der Waals surface area contributed by atoms with Crippen molar-refractivity contribution in [2.45, 2.75) is 52.4 Å². The number of aryl methyl sites for hydroxylation is 2. The first-order chi connectivity index (χ1) is 17.5. The fraction of sp³-hybridized carbons (Fsp3) is 0.281. The summed E-state index contributed by atoms with van der Waals surface area (Å²) < 4.78 is 5.15. The second kappa shape index (κ2) is 12.8. The standard InChI is InChI=1S/C32H34O2S2/c1-4-24-10-14-26(15-11-24)28-18-20-30(35-28)31-21-19-29(36-31)27-16-12-25(13-17-27)9-7-5-6-8-22-34-32(33)23(2)3/h10-21H,2,4-9,22H2,1,3H3. The summed E-state index contributed by atoms with van der Waals surface area (Å²) >= 11 is 3.73. The quantitative estimate of drug-likeness (QED) is 0.107. The third-order valence-electron chi connectivity index (χ3n) is 6.28. The van der Waals surface area contributed by atoms with Crippen molar-refractivity contribution in [1.29, 1.82) is 0 Å². The Morgan fingerprint density at radius 1 is 0.694 bits per heavy atom. The lowest BCUT2D eigenvalue weighted by molar-refractivity contribution is -0.139. The molecule has 4 rings (SSSR count). The van der Waals surface area contributed by atoms with E-state index in [1.807, 2.05) is 22.7 Å². The van der Waals surface area contributed by atoms with Gasteiger partial charge < -0.3 is 4.74 Å². The molecule has 0 saturated heterocycles. The summed E-state index contributed by atoms with van der Waals surface area (Å²) in [5, 5.41) is 0. The second-order valence-electron chi connectivity index (χ2n) is 9.16. The van der Waals surface area contributed by atoms with E-state index in [0.29, 0.717) is 12.2 Å². The second-order valence-corrected chi connectivity index (χ2v) is 11.3. The fourth-order valence-corrected chi connectivity index (χ4v) is 6.18. The topological polar surface area (TPSA) is 26.3 Å². The summed E-state index contributed by atoms with van der Waals surface area (Å²) in [6.07, 6.45) is 6.44. The number of carbonyl (C=O) groups excluding carboxylic acids is 1. The average molecular weight is 515 g/mol. The van der Waals surface area contributed by atoms with Crippen LogP contribution < -0.4 is 0 Å². The molecule has 4 aromatic rings. The third kappa shape index (κ3) is 7.05. The van der Waals surface area contributed by atoms with Crippen LogP contribution in [0.3, 0.4) is 0 Å². The summed E-state index contributed by atoms with van der Waals surface area (Å²) in [6, 6.07) is 26.9. The lowest BCUT2D eigenvalue weighted by atomic mass is 10.0. The van der Waals surface area contributed by atoms with Crippen molar-refractivity contribution in [2.24, 2.45) is 0 Å². The number of unbranched alkanes of at least 4 members (excludes halogenated alkanes) is 3. The summed E-state index contributed by atoms with van der Waals surface area (Å²) in [4.78, 5) is 16.6. The van der Waals surface area contributed by atoms with Gasteiger partial charge in [0, 0.05) is 25.1 Å². The molecule has 2 heterocycles. The number of rotatable bonds is 12. The van der Waals surface area contributed by atoms with Crippen molar-refractivity contribution in [3.63, 3.8) is 0 Å². The molecule has 186 valence electrons.